The highest BCUT2D eigenvalue weighted by atomic mass is 19.4. The van der Waals surface area contributed by atoms with Crippen molar-refractivity contribution in [2.24, 2.45) is 0 Å². The van der Waals surface area contributed by atoms with E-state index in [0.29, 0.717) is 6.07 Å². The van der Waals surface area contributed by atoms with Gasteiger partial charge in [0.2, 0.25) is 0 Å². The summed E-state index contributed by atoms with van der Waals surface area (Å²) in [5.74, 6) is -1.94. The molecule has 0 saturated heterocycles. The average Bonchev–Trinajstić information content (AvgIpc) is 2.37. The third-order valence-corrected chi connectivity index (χ3v) is 2.70. The number of rotatable bonds is 1. The van der Waals surface area contributed by atoms with Crippen molar-refractivity contribution < 1.29 is 22.0 Å². The second-order valence-corrected chi connectivity index (χ2v) is 3.97. The SMILES string of the molecule is N#Cc1ccc(-c2c(F)cccc2F)cc1C(F)(F)F. The zero-order valence-corrected chi connectivity index (χ0v) is 9.80. The van der Waals surface area contributed by atoms with Crippen LogP contribution >= 0.6 is 0 Å². The van der Waals surface area contributed by atoms with Gasteiger partial charge in [0.1, 0.15) is 11.6 Å². The number of alkyl halides is 3. The van der Waals surface area contributed by atoms with Gasteiger partial charge < -0.3 is 0 Å². The Kier molecular flexibility index (Phi) is 3.45. The number of nitrogens with zero attached hydrogens (tertiary/aromatic N) is 1. The maximum absolute atomic E-state index is 13.6. The minimum atomic E-state index is -4.77. The summed E-state index contributed by atoms with van der Waals surface area (Å²) in [6, 6.07) is 6.95. The molecule has 102 valence electrons. The Balaban J connectivity index is 2.70. The van der Waals surface area contributed by atoms with Crippen LogP contribution in [-0.2, 0) is 6.18 Å². The molecule has 0 aromatic heterocycles. The van der Waals surface area contributed by atoms with Gasteiger partial charge in [-0.15, -0.1) is 0 Å². The number of benzene rings is 2. The van der Waals surface area contributed by atoms with Crippen molar-refractivity contribution in [1.29, 1.82) is 5.26 Å². The molecule has 6 heteroatoms. The van der Waals surface area contributed by atoms with E-state index in [1.54, 1.807) is 0 Å². The second-order valence-electron chi connectivity index (χ2n) is 3.97. The van der Waals surface area contributed by atoms with Crippen molar-refractivity contribution in [1.82, 2.24) is 0 Å². The van der Waals surface area contributed by atoms with Gasteiger partial charge in [0, 0.05) is 0 Å². The first-order valence-electron chi connectivity index (χ1n) is 5.40. The molecular weight excluding hydrogens is 277 g/mol. The van der Waals surface area contributed by atoms with Gasteiger partial charge in [0.15, 0.2) is 0 Å². The van der Waals surface area contributed by atoms with Crippen molar-refractivity contribution >= 4 is 0 Å². The normalized spacial score (nSPS) is 11.2. The average molecular weight is 283 g/mol. The molecule has 2 aromatic carbocycles. The highest BCUT2D eigenvalue weighted by Gasteiger charge is 2.34. The summed E-state index contributed by atoms with van der Waals surface area (Å²) in [5, 5.41) is 8.65. The summed E-state index contributed by atoms with van der Waals surface area (Å²) in [6.07, 6.45) is -4.77. The fourth-order valence-corrected chi connectivity index (χ4v) is 1.81. The maximum Gasteiger partial charge on any atom is 0.417 e. The first-order valence-corrected chi connectivity index (χ1v) is 5.40. The Morgan fingerprint density at radius 3 is 2.05 bits per heavy atom. The van der Waals surface area contributed by atoms with E-state index in [0.717, 1.165) is 30.3 Å². The van der Waals surface area contributed by atoms with E-state index >= 15 is 0 Å². The van der Waals surface area contributed by atoms with Crippen LogP contribution in [0.1, 0.15) is 11.1 Å². The van der Waals surface area contributed by atoms with Crippen LogP contribution in [0.3, 0.4) is 0 Å². The summed E-state index contributed by atoms with van der Waals surface area (Å²) in [7, 11) is 0. The van der Waals surface area contributed by atoms with Gasteiger partial charge in [-0.1, -0.05) is 12.1 Å². The molecule has 2 rings (SSSR count). The molecule has 0 aliphatic carbocycles. The van der Waals surface area contributed by atoms with Gasteiger partial charge in [-0.2, -0.15) is 18.4 Å². The zero-order valence-electron chi connectivity index (χ0n) is 9.80. The van der Waals surface area contributed by atoms with E-state index < -0.39 is 34.5 Å². The molecule has 0 unspecified atom stereocenters. The monoisotopic (exact) mass is 283 g/mol. The molecule has 0 atom stereocenters. The molecule has 0 N–H and O–H groups in total. The summed E-state index contributed by atoms with van der Waals surface area (Å²) >= 11 is 0. The first kappa shape index (κ1) is 14.0. The lowest BCUT2D eigenvalue weighted by molar-refractivity contribution is -0.137. The molecule has 0 heterocycles. The van der Waals surface area contributed by atoms with Crippen LogP contribution in [0, 0.1) is 23.0 Å². The van der Waals surface area contributed by atoms with Crippen LogP contribution in [0.4, 0.5) is 22.0 Å². The molecule has 0 fully saturated rings. The van der Waals surface area contributed by atoms with Gasteiger partial charge in [0.05, 0.1) is 22.8 Å². The predicted molar refractivity (Wildman–Crippen MR) is 61.5 cm³/mol. The van der Waals surface area contributed by atoms with Crippen LogP contribution < -0.4 is 0 Å². The Bertz CT molecular complexity index is 677. The lowest BCUT2D eigenvalue weighted by Crippen LogP contribution is -2.08. The maximum atomic E-state index is 13.6. The van der Waals surface area contributed by atoms with Gasteiger partial charge >= 0.3 is 6.18 Å². The van der Waals surface area contributed by atoms with Crippen LogP contribution in [0.5, 0.6) is 0 Å². The third-order valence-electron chi connectivity index (χ3n) is 2.70. The predicted octanol–water partition coefficient (Wildman–Crippen LogP) is 4.52. The smallest absolute Gasteiger partial charge is 0.206 e. The summed E-state index contributed by atoms with van der Waals surface area (Å²) in [5.41, 5.74) is -2.65. The minimum absolute atomic E-state index is 0.271. The van der Waals surface area contributed by atoms with Gasteiger partial charge in [-0.25, -0.2) is 8.78 Å². The molecule has 0 radical (unpaired) electrons. The topological polar surface area (TPSA) is 23.8 Å². The molecule has 20 heavy (non-hydrogen) atoms. The first-order chi connectivity index (χ1) is 9.34. The van der Waals surface area contributed by atoms with Gasteiger partial charge in [-0.3, -0.25) is 0 Å². The molecule has 0 aliphatic heterocycles. The highest BCUT2D eigenvalue weighted by Crippen LogP contribution is 2.36. The molecule has 0 spiro atoms. The van der Waals surface area contributed by atoms with Crippen LogP contribution in [0.2, 0.25) is 0 Å². The molecule has 0 bridgehead atoms. The van der Waals surface area contributed by atoms with E-state index in [2.05, 4.69) is 0 Å². The lowest BCUT2D eigenvalue weighted by atomic mass is 9.98. The van der Waals surface area contributed by atoms with Crippen molar-refractivity contribution in [3.05, 3.63) is 59.2 Å². The fraction of sp³-hybridized carbons (Fsp3) is 0.0714. The van der Waals surface area contributed by atoms with Crippen molar-refractivity contribution in [2.75, 3.05) is 0 Å². The second kappa shape index (κ2) is 4.93. The van der Waals surface area contributed by atoms with E-state index in [-0.39, 0.29) is 5.56 Å². The standard InChI is InChI=1S/C14H6F5N/c15-11-2-1-3-12(16)13(11)8-4-5-9(7-20)10(6-8)14(17,18)19/h1-6H. The van der Waals surface area contributed by atoms with Crippen molar-refractivity contribution in [2.45, 2.75) is 6.18 Å². The van der Waals surface area contributed by atoms with Gasteiger partial charge in [-0.05, 0) is 29.8 Å². The fourth-order valence-electron chi connectivity index (χ4n) is 1.81. The van der Waals surface area contributed by atoms with Crippen molar-refractivity contribution in [3.8, 4) is 17.2 Å². The Labute approximate surface area is 110 Å². The lowest BCUT2D eigenvalue weighted by Gasteiger charge is -2.11. The summed E-state index contributed by atoms with van der Waals surface area (Å²) in [4.78, 5) is 0. The molecule has 0 amide bonds. The third kappa shape index (κ3) is 2.48. The number of hydrogen-bond acceptors (Lipinski definition) is 1. The molecule has 1 nitrogen and oxygen atoms in total. The quantitative estimate of drug-likeness (QED) is 0.706. The van der Waals surface area contributed by atoms with Crippen molar-refractivity contribution in [3.63, 3.8) is 0 Å². The van der Waals surface area contributed by atoms with E-state index in [1.807, 2.05) is 0 Å². The van der Waals surface area contributed by atoms with Crippen LogP contribution in [0.25, 0.3) is 11.1 Å². The van der Waals surface area contributed by atoms with E-state index in [4.69, 9.17) is 5.26 Å². The Morgan fingerprint density at radius 1 is 0.950 bits per heavy atom. The number of halogens is 5. The van der Waals surface area contributed by atoms with E-state index in [9.17, 15) is 22.0 Å². The number of nitriles is 1. The van der Waals surface area contributed by atoms with Crippen LogP contribution in [0.15, 0.2) is 36.4 Å². The molecular formula is C14H6F5N. The Hall–Kier alpha value is -2.42. The Morgan fingerprint density at radius 2 is 1.55 bits per heavy atom. The summed E-state index contributed by atoms with van der Waals surface area (Å²) in [6.45, 7) is 0. The highest BCUT2D eigenvalue weighted by molar-refractivity contribution is 5.67. The zero-order chi connectivity index (χ0) is 14.9. The largest absolute Gasteiger partial charge is 0.417 e. The minimum Gasteiger partial charge on any atom is -0.206 e. The van der Waals surface area contributed by atoms with E-state index in [1.165, 1.54) is 6.07 Å². The van der Waals surface area contributed by atoms with Crippen LogP contribution in [-0.4, -0.2) is 0 Å². The van der Waals surface area contributed by atoms with Gasteiger partial charge in [0.25, 0.3) is 0 Å². The molecule has 2 aromatic rings. The molecule has 0 aliphatic rings. The summed E-state index contributed by atoms with van der Waals surface area (Å²) < 4.78 is 65.5. The molecule has 0 saturated carbocycles. The number of hydrogen-bond donors (Lipinski definition) is 0.